The van der Waals surface area contributed by atoms with Crippen LogP contribution in [0.5, 0.6) is 0 Å². The van der Waals surface area contributed by atoms with E-state index < -0.39 is 0 Å². The lowest BCUT2D eigenvalue weighted by molar-refractivity contribution is 0.145. The lowest BCUT2D eigenvalue weighted by Crippen LogP contribution is -2.32. The molecule has 114 valence electrons. The van der Waals surface area contributed by atoms with E-state index in [1.54, 1.807) is 0 Å². The van der Waals surface area contributed by atoms with Gasteiger partial charge in [-0.25, -0.2) is 0 Å². The average Bonchev–Trinajstić information content (AvgIpc) is 3.12. The molecule has 0 bridgehead atoms. The van der Waals surface area contributed by atoms with E-state index in [2.05, 4.69) is 36.9 Å². The molecule has 1 aromatic rings. The van der Waals surface area contributed by atoms with Crippen molar-refractivity contribution < 1.29 is 0 Å². The highest BCUT2D eigenvalue weighted by molar-refractivity contribution is 5.12. The Kier molecular flexibility index (Phi) is 3.82. The van der Waals surface area contributed by atoms with Gasteiger partial charge in [0.15, 0.2) is 0 Å². The lowest BCUT2D eigenvalue weighted by atomic mass is 9.64. The maximum absolute atomic E-state index is 9.71. The van der Waals surface area contributed by atoms with Gasteiger partial charge in [0.25, 0.3) is 0 Å². The van der Waals surface area contributed by atoms with E-state index in [1.807, 2.05) is 0 Å². The molecule has 0 unspecified atom stereocenters. The van der Waals surface area contributed by atoms with Crippen LogP contribution in [0.1, 0.15) is 76.9 Å². The minimum Gasteiger partial charge on any atom is -0.269 e. The number of nitrogens with zero attached hydrogens (tertiary/aromatic N) is 3. The van der Waals surface area contributed by atoms with Crippen LogP contribution < -0.4 is 0 Å². The first-order valence-electron chi connectivity index (χ1n) is 8.47. The Bertz CT molecular complexity index is 519. The van der Waals surface area contributed by atoms with E-state index in [1.165, 1.54) is 25.7 Å². The predicted octanol–water partition coefficient (Wildman–Crippen LogP) is 4.65. The second-order valence-electron chi connectivity index (χ2n) is 7.96. The maximum Gasteiger partial charge on any atom is 0.0693 e. The number of aromatic nitrogens is 2. The van der Waals surface area contributed by atoms with E-state index in [4.69, 9.17) is 5.10 Å². The molecule has 0 saturated heterocycles. The van der Waals surface area contributed by atoms with Gasteiger partial charge in [-0.3, -0.25) is 4.68 Å². The van der Waals surface area contributed by atoms with Crippen LogP contribution in [-0.4, -0.2) is 9.78 Å². The van der Waals surface area contributed by atoms with Crippen molar-refractivity contribution in [2.75, 3.05) is 0 Å². The van der Waals surface area contributed by atoms with Gasteiger partial charge in [0.1, 0.15) is 0 Å². The Hall–Kier alpha value is -1.30. The summed E-state index contributed by atoms with van der Waals surface area (Å²) in [6.07, 6.45) is 12.5. The summed E-state index contributed by atoms with van der Waals surface area (Å²) < 4.78 is 2.15. The van der Waals surface area contributed by atoms with Crippen LogP contribution in [0.2, 0.25) is 0 Å². The number of hydrogen-bond donors (Lipinski definition) is 0. The first kappa shape index (κ1) is 14.6. The standard InChI is InChI=1S/C18H27N3/c1-17(2)8-10-18(14-19,11-9-17)13-15-7-12-21(20-15)16-5-3-4-6-16/h7,12,16H,3-6,8-11,13H2,1-2H3. The molecule has 0 atom stereocenters. The van der Waals surface area contributed by atoms with Crippen LogP contribution in [-0.2, 0) is 6.42 Å². The molecule has 0 N–H and O–H groups in total. The Morgan fingerprint density at radius 2 is 1.90 bits per heavy atom. The van der Waals surface area contributed by atoms with Crippen LogP contribution in [0.3, 0.4) is 0 Å². The Balaban J connectivity index is 1.69. The molecule has 2 aliphatic carbocycles. The molecule has 0 aliphatic heterocycles. The largest absolute Gasteiger partial charge is 0.269 e. The summed E-state index contributed by atoms with van der Waals surface area (Å²) in [6.45, 7) is 4.65. The fourth-order valence-electron chi connectivity index (χ4n) is 3.92. The number of nitriles is 1. The van der Waals surface area contributed by atoms with E-state index in [9.17, 15) is 5.26 Å². The van der Waals surface area contributed by atoms with E-state index >= 15 is 0 Å². The number of rotatable bonds is 3. The molecule has 3 nitrogen and oxygen atoms in total. The molecule has 0 radical (unpaired) electrons. The first-order valence-corrected chi connectivity index (χ1v) is 8.47. The van der Waals surface area contributed by atoms with Crippen molar-refractivity contribution in [1.82, 2.24) is 9.78 Å². The Labute approximate surface area is 128 Å². The molecule has 0 amide bonds. The number of hydrogen-bond acceptors (Lipinski definition) is 2. The van der Waals surface area contributed by atoms with Crippen LogP contribution >= 0.6 is 0 Å². The molecule has 2 saturated carbocycles. The van der Waals surface area contributed by atoms with Crippen LogP contribution in [0, 0.1) is 22.2 Å². The molecule has 0 spiro atoms. The molecule has 1 heterocycles. The van der Waals surface area contributed by atoms with Gasteiger partial charge in [0.2, 0.25) is 0 Å². The molecule has 3 heteroatoms. The normalized spacial score (nSPS) is 24.8. The van der Waals surface area contributed by atoms with Crippen molar-refractivity contribution in [2.45, 2.75) is 77.7 Å². The maximum atomic E-state index is 9.71. The summed E-state index contributed by atoms with van der Waals surface area (Å²) in [6, 6.07) is 5.37. The van der Waals surface area contributed by atoms with Gasteiger partial charge in [-0.05, 0) is 50.0 Å². The van der Waals surface area contributed by atoms with Gasteiger partial charge < -0.3 is 0 Å². The molecular weight excluding hydrogens is 258 g/mol. The van der Waals surface area contributed by atoms with Crippen molar-refractivity contribution >= 4 is 0 Å². The second-order valence-corrected chi connectivity index (χ2v) is 7.96. The van der Waals surface area contributed by atoms with Crippen LogP contribution in [0.25, 0.3) is 0 Å². The van der Waals surface area contributed by atoms with Crippen molar-refractivity contribution in [3.05, 3.63) is 18.0 Å². The van der Waals surface area contributed by atoms with Crippen molar-refractivity contribution in [2.24, 2.45) is 10.8 Å². The zero-order valence-electron chi connectivity index (χ0n) is 13.4. The van der Waals surface area contributed by atoms with Gasteiger partial charge in [0, 0.05) is 12.6 Å². The van der Waals surface area contributed by atoms with E-state index in [-0.39, 0.29) is 5.41 Å². The minimum absolute atomic E-state index is 0.176. The predicted molar refractivity (Wildman–Crippen MR) is 83.7 cm³/mol. The second kappa shape index (κ2) is 5.48. The highest BCUT2D eigenvalue weighted by Gasteiger charge is 2.39. The highest BCUT2D eigenvalue weighted by Crippen LogP contribution is 2.46. The average molecular weight is 285 g/mol. The molecule has 21 heavy (non-hydrogen) atoms. The summed E-state index contributed by atoms with van der Waals surface area (Å²) in [5.41, 5.74) is 1.34. The van der Waals surface area contributed by atoms with E-state index in [0.29, 0.717) is 11.5 Å². The Morgan fingerprint density at radius 1 is 1.24 bits per heavy atom. The summed E-state index contributed by atoms with van der Waals surface area (Å²) in [4.78, 5) is 0. The van der Waals surface area contributed by atoms with Crippen molar-refractivity contribution in [1.29, 1.82) is 5.26 Å². The zero-order chi connectivity index (χ0) is 14.9. The molecule has 2 aliphatic rings. The summed E-state index contributed by atoms with van der Waals surface area (Å²) in [5.74, 6) is 0. The van der Waals surface area contributed by atoms with Crippen molar-refractivity contribution in [3.8, 4) is 6.07 Å². The zero-order valence-corrected chi connectivity index (χ0v) is 13.4. The van der Waals surface area contributed by atoms with Crippen LogP contribution in [0.15, 0.2) is 12.3 Å². The monoisotopic (exact) mass is 285 g/mol. The third kappa shape index (κ3) is 3.15. The smallest absolute Gasteiger partial charge is 0.0693 e. The molecule has 2 fully saturated rings. The molecule has 3 rings (SSSR count). The lowest BCUT2D eigenvalue weighted by Gasteiger charge is -2.39. The summed E-state index contributed by atoms with van der Waals surface area (Å²) in [7, 11) is 0. The SMILES string of the molecule is CC1(C)CCC(C#N)(Cc2ccn(C3CCCC3)n2)CC1. The quantitative estimate of drug-likeness (QED) is 0.811. The van der Waals surface area contributed by atoms with Gasteiger partial charge in [-0.2, -0.15) is 10.4 Å². The van der Waals surface area contributed by atoms with Gasteiger partial charge in [-0.15, -0.1) is 0 Å². The topological polar surface area (TPSA) is 41.6 Å². The minimum atomic E-state index is -0.176. The first-order chi connectivity index (χ1) is 10.0. The third-order valence-electron chi connectivity index (χ3n) is 5.68. The molecule has 1 aromatic heterocycles. The molecular formula is C18H27N3. The van der Waals surface area contributed by atoms with Gasteiger partial charge in [-0.1, -0.05) is 26.7 Å². The van der Waals surface area contributed by atoms with Gasteiger partial charge in [0.05, 0.1) is 23.2 Å². The fourth-order valence-corrected chi connectivity index (χ4v) is 3.92. The molecule has 0 aromatic carbocycles. The fraction of sp³-hybridized carbons (Fsp3) is 0.778. The van der Waals surface area contributed by atoms with Crippen LogP contribution in [0.4, 0.5) is 0 Å². The van der Waals surface area contributed by atoms with Gasteiger partial charge >= 0.3 is 0 Å². The Morgan fingerprint density at radius 3 is 2.52 bits per heavy atom. The summed E-state index contributed by atoms with van der Waals surface area (Å²) in [5, 5.41) is 14.5. The summed E-state index contributed by atoms with van der Waals surface area (Å²) >= 11 is 0. The highest BCUT2D eigenvalue weighted by atomic mass is 15.3. The van der Waals surface area contributed by atoms with Crippen molar-refractivity contribution in [3.63, 3.8) is 0 Å². The third-order valence-corrected chi connectivity index (χ3v) is 5.68. The van der Waals surface area contributed by atoms with E-state index in [0.717, 1.165) is 37.8 Å².